The summed E-state index contributed by atoms with van der Waals surface area (Å²) in [5, 5.41) is 0. The largest absolute Gasteiger partial charge is 0.494 e. The van der Waals surface area contributed by atoms with Gasteiger partial charge < -0.3 is 15.3 Å². The van der Waals surface area contributed by atoms with Crippen LogP contribution >= 0.6 is 0 Å². The molecule has 0 atom stereocenters. The second-order valence-electron chi connectivity index (χ2n) is 3.18. The van der Waals surface area contributed by atoms with Crippen molar-refractivity contribution in [3.63, 3.8) is 0 Å². The van der Waals surface area contributed by atoms with E-state index in [0.29, 0.717) is 17.3 Å². The second-order valence-corrected chi connectivity index (χ2v) is 3.18. The van der Waals surface area contributed by atoms with Crippen molar-refractivity contribution in [1.29, 1.82) is 0 Å². The summed E-state index contributed by atoms with van der Waals surface area (Å²) in [7, 11) is 1.57. The van der Waals surface area contributed by atoms with Gasteiger partial charge in [0.15, 0.2) is 6.33 Å². The highest BCUT2D eigenvalue weighted by Gasteiger charge is 2.07. The van der Waals surface area contributed by atoms with Crippen molar-refractivity contribution in [2.24, 2.45) is 0 Å². The highest BCUT2D eigenvalue weighted by Crippen LogP contribution is 2.26. The molecule has 0 amide bonds. The first-order valence-corrected chi connectivity index (χ1v) is 4.60. The van der Waals surface area contributed by atoms with E-state index in [0.717, 1.165) is 5.69 Å². The highest BCUT2D eigenvalue weighted by molar-refractivity contribution is 5.56. The zero-order valence-electron chi connectivity index (χ0n) is 8.71. The van der Waals surface area contributed by atoms with Crippen molar-refractivity contribution >= 4 is 11.5 Å². The van der Waals surface area contributed by atoms with E-state index in [2.05, 4.69) is 9.83 Å². The Morgan fingerprint density at radius 3 is 2.94 bits per heavy atom. The minimum Gasteiger partial charge on any atom is -0.494 e. The number of anilines is 1. The molecular weight excluding hydrogens is 204 g/mol. The summed E-state index contributed by atoms with van der Waals surface area (Å²) in [4.78, 5) is 7.17. The second kappa shape index (κ2) is 3.95. The Bertz CT molecular complexity index is 553. The lowest BCUT2D eigenvalue weighted by atomic mass is 10.2. The standard InChI is InChI=1S/C11H10N4O/c1-13-11-6-15(7-14-11)9-4-3-8(12)5-10(9)16-2/h3-7H,12H2,2H3. The fraction of sp³-hybridized carbons (Fsp3) is 0.0909. The van der Waals surface area contributed by atoms with Crippen LogP contribution in [0.3, 0.4) is 0 Å². The van der Waals surface area contributed by atoms with E-state index < -0.39 is 0 Å². The molecule has 0 aliphatic carbocycles. The van der Waals surface area contributed by atoms with Gasteiger partial charge in [-0.1, -0.05) is 6.57 Å². The Balaban J connectivity index is 2.51. The predicted molar refractivity (Wildman–Crippen MR) is 60.8 cm³/mol. The van der Waals surface area contributed by atoms with Crippen LogP contribution in [0, 0.1) is 6.57 Å². The topological polar surface area (TPSA) is 57.4 Å². The molecule has 0 unspecified atom stereocenters. The van der Waals surface area contributed by atoms with E-state index in [1.807, 2.05) is 6.07 Å². The molecule has 0 radical (unpaired) electrons. The normalized spacial score (nSPS) is 9.75. The van der Waals surface area contributed by atoms with Crippen molar-refractivity contribution in [2.75, 3.05) is 12.8 Å². The number of nitrogen functional groups attached to an aromatic ring is 1. The van der Waals surface area contributed by atoms with Gasteiger partial charge in [-0.05, 0) is 12.1 Å². The maximum absolute atomic E-state index is 6.85. The lowest BCUT2D eigenvalue weighted by Crippen LogP contribution is -1.96. The third kappa shape index (κ3) is 1.68. The zero-order chi connectivity index (χ0) is 11.5. The van der Waals surface area contributed by atoms with Crippen LogP contribution in [-0.2, 0) is 0 Å². The Hall–Kier alpha value is -2.48. The van der Waals surface area contributed by atoms with Gasteiger partial charge in [-0.15, -0.1) is 4.98 Å². The molecule has 0 aliphatic rings. The lowest BCUT2D eigenvalue weighted by Gasteiger charge is -2.08. The van der Waals surface area contributed by atoms with Gasteiger partial charge in [-0.3, -0.25) is 4.57 Å². The average Bonchev–Trinajstić information content (AvgIpc) is 2.77. The third-order valence-electron chi connectivity index (χ3n) is 2.17. The molecule has 0 aliphatic heterocycles. The molecule has 1 aromatic carbocycles. The smallest absolute Gasteiger partial charge is 0.287 e. The van der Waals surface area contributed by atoms with Crippen LogP contribution < -0.4 is 10.5 Å². The van der Waals surface area contributed by atoms with Gasteiger partial charge in [-0.2, -0.15) is 0 Å². The Morgan fingerprint density at radius 1 is 1.50 bits per heavy atom. The SMILES string of the molecule is [C-]#[N+]c1cn(-c2ccc(N)cc2OC)cn1. The van der Waals surface area contributed by atoms with Crippen molar-refractivity contribution in [1.82, 2.24) is 9.55 Å². The van der Waals surface area contributed by atoms with E-state index in [4.69, 9.17) is 17.0 Å². The molecule has 16 heavy (non-hydrogen) atoms. The molecule has 0 bridgehead atoms. The number of hydrogen-bond donors (Lipinski definition) is 1. The van der Waals surface area contributed by atoms with Gasteiger partial charge >= 0.3 is 0 Å². The van der Waals surface area contributed by atoms with Crippen molar-refractivity contribution in [3.05, 3.63) is 42.1 Å². The number of imidazole rings is 1. The maximum Gasteiger partial charge on any atom is 0.287 e. The van der Waals surface area contributed by atoms with Gasteiger partial charge in [0.25, 0.3) is 5.82 Å². The van der Waals surface area contributed by atoms with E-state index in [-0.39, 0.29) is 0 Å². The molecular formula is C11H10N4O. The lowest BCUT2D eigenvalue weighted by molar-refractivity contribution is 0.413. The molecule has 0 spiro atoms. The minimum atomic E-state index is 0.346. The number of aromatic nitrogens is 2. The summed E-state index contributed by atoms with van der Waals surface area (Å²) in [5.74, 6) is 0.993. The highest BCUT2D eigenvalue weighted by atomic mass is 16.5. The first-order valence-electron chi connectivity index (χ1n) is 4.60. The summed E-state index contributed by atoms with van der Waals surface area (Å²) in [6, 6.07) is 5.33. The van der Waals surface area contributed by atoms with Crippen LogP contribution in [0.4, 0.5) is 11.5 Å². The molecule has 5 heteroatoms. The van der Waals surface area contributed by atoms with E-state index in [9.17, 15) is 0 Å². The number of rotatable bonds is 2. The van der Waals surface area contributed by atoms with E-state index in [1.54, 1.807) is 36.3 Å². The van der Waals surface area contributed by atoms with Crippen LogP contribution in [-0.4, -0.2) is 16.7 Å². The summed E-state index contributed by atoms with van der Waals surface area (Å²) >= 11 is 0. The van der Waals surface area contributed by atoms with Crippen molar-refractivity contribution in [2.45, 2.75) is 0 Å². The number of nitrogens with two attached hydrogens (primary N) is 1. The van der Waals surface area contributed by atoms with Crippen molar-refractivity contribution < 1.29 is 4.74 Å². The van der Waals surface area contributed by atoms with Crippen LogP contribution in [0.15, 0.2) is 30.7 Å². The van der Waals surface area contributed by atoms with Crippen LogP contribution in [0.5, 0.6) is 5.75 Å². The predicted octanol–water partition coefficient (Wildman–Crippen LogP) is 2.01. The first-order chi connectivity index (χ1) is 7.74. The van der Waals surface area contributed by atoms with Crippen molar-refractivity contribution in [3.8, 4) is 11.4 Å². The Labute approximate surface area is 92.9 Å². The summed E-state index contributed by atoms with van der Waals surface area (Å²) < 4.78 is 6.95. The minimum absolute atomic E-state index is 0.346. The summed E-state index contributed by atoms with van der Waals surface area (Å²) in [6.45, 7) is 6.85. The molecule has 2 aromatic rings. The summed E-state index contributed by atoms with van der Waals surface area (Å²) in [6.07, 6.45) is 3.21. The average molecular weight is 214 g/mol. The number of ether oxygens (including phenoxy) is 1. The number of hydrogen-bond acceptors (Lipinski definition) is 3. The van der Waals surface area contributed by atoms with Gasteiger partial charge in [0.1, 0.15) is 5.75 Å². The van der Waals surface area contributed by atoms with Gasteiger partial charge in [-0.25, -0.2) is 0 Å². The van der Waals surface area contributed by atoms with E-state index >= 15 is 0 Å². The molecule has 2 rings (SSSR count). The Kier molecular flexibility index (Phi) is 2.48. The van der Waals surface area contributed by atoms with E-state index in [1.165, 1.54) is 0 Å². The van der Waals surface area contributed by atoms with Crippen LogP contribution in [0.25, 0.3) is 10.5 Å². The molecule has 5 nitrogen and oxygen atoms in total. The molecule has 0 saturated carbocycles. The first kappa shape index (κ1) is 10.1. The number of benzene rings is 1. The molecule has 0 fully saturated rings. The molecule has 80 valence electrons. The van der Waals surface area contributed by atoms with Gasteiger partial charge in [0, 0.05) is 18.0 Å². The molecule has 1 heterocycles. The monoisotopic (exact) mass is 214 g/mol. The third-order valence-corrected chi connectivity index (χ3v) is 2.17. The number of nitrogens with zero attached hydrogens (tertiary/aromatic N) is 3. The maximum atomic E-state index is 6.85. The summed E-state index contributed by atoms with van der Waals surface area (Å²) in [5.41, 5.74) is 7.09. The fourth-order valence-corrected chi connectivity index (χ4v) is 1.41. The van der Waals surface area contributed by atoms with Gasteiger partial charge in [0.2, 0.25) is 0 Å². The molecule has 1 aromatic heterocycles. The fourth-order valence-electron chi connectivity index (χ4n) is 1.41. The molecule has 2 N–H and O–H groups in total. The van der Waals surface area contributed by atoms with Crippen LogP contribution in [0.2, 0.25) is 0 Å². The quantitative estimate of drug-likeness (QED) is 0.614. The number of methoxy groups -OCH3 is 1. The van der Waals surface area contributed by atoms with Crippen LogP contribution in [0.1, 0.15) is 0 Å². The van der Waals surface area contributed by atoms with Gasteiger partial charge in [0.05, 0.1) is 12.8 Å². The Morgan fingerprint density at radius 2 is 2.31 bits per heavy atom. The zero-order valence-corrected chi connectivity index (χ0v) is 8.71. The molecule has 0 saturated heterocycles.